The van der Waals surface area contributed by atoms with Gasteiger partial charge in [0.2, 0.25) is 0 Å². The fraction of sp³-hybridized carbons (Fsp3) is 0.429. The quantitative estimate of drug-likeness (QED) is 0.111. The van der Waals surface area contributed by atoms with Crippen molar-refractivity contribution in [2.45, 2.75) is 63.6 Å². The van der Waals surface area contributed by atoms with Crippen LogP contribution >= 0.6 is 7.60 Å². The molecular formula is C28H36N3O9P. The van der Waals surface area contributed by atoms with Crippen molar-refractivity contribution in [3.05, 3.63) is 71.8 Å². The highest BCUT2D eigenvalue weighted by molar-refractivity contribution is 7.53. The Morgan fingerprint density at radius 2 is 1.73 bits per heavy atom. The number of hydrogen-bond acceptors (Lipinski definition) is 9. The predicted octanol–water partition coefficient (Wildman–Crippen LogP) is 3.25. The summed E-state index contributed by atoms with van der Waals surface area (Å²) < 4.78 is 28.4. The first-order valence-electron chi connectivity index (χ1n) is 13.5. The summed E-state index contributed by atoms with van der Waals surface area (Å²) in [6.45, 7) is 2.17. The number of nitrogens with one attached hydrogen (secondary N) is 3. The number of ether oxygens (including phenoxy) is 2. The van der Waals surface area contributed by atoms with E-state index in [-0.39, 0.29) is 25.1 Å². The lowest BCUT2D eigenvalue weighted by molar-refractivity contribution is -0.165. The van der Waals surface area contributed by atoms with Crippen LogP contribution in [-0.4, -0.2) is 59.9 Å². The van der Waals surface area contributed by atoms with E-state index < -0.39 is 49.5 Å². The van der Waals surface area contributed by atoms with Gasteiger partial charge in [-0.15, -0.1) is 0 Å². The summed E-state index contributed by atoms with van der Waals surface area (Å²) in [5.41, 5.74) is 1.11. The Labute approximate surface area is 238 Å². The van der Waals surface area contributed by atoms with Crippen molar-refractivity contribution in [3.8, 4) is 0 Å². The average Bonchev–Trinajstić information content (AvgIpc) is 3.51. The van der Waals surface area contributed by atoms with E-state index in [9.17, 15) is 28.6 Å². The number of alkyl carbamates (subject to hydrolysis) is 1. The van der Waals surface area contributed by atoms with Gasteiger partial charge in [0.05, 0.1) is 0 Å². The molecule has 1 fully saturated rings. The molecule has 0 bridgehead atoms. The topological polar surface area (TPSA) is 169 Å². The second kappa shape index (κ2) is 16.0. The monoisotopic (exact) mass is 589 g/mol. The van der Waals surface area contributed by atoms with Crippen LogP contribution in [0.15, 0.2) is 60.7 Å². The van der Waals surface area contributed by atoms with Gasteiger partial charge in [0.1, 0.15) is 18.4 Å². The minimum absolute atomic E-state index is 0.000212. The summed E-state index contributed by atoms with van der Waals surface area (Å²) in [4.78, 5) is 60.0. The molecule has 4 N–H and O–H groups in total. The van der Waals surface area contributed by atoms with Crippen molar-refractivity contribution in [2.75, 3.05) is 13.1 Å². The maximum Gasteiger partial charge on any atom is 0.407 e. The zero-order valence-electron chi connectivity index (χ0n) is 22.8. The first-order chi connectivity index (χ1) is 19.7. The van der Waals surface area contributed by atoms with Gasteiger partial charge in [-0.1, -0.05) is 48.5 Å². The van der Waals surface area contributed by atoms with Gasteiger partial charge in [-0.2, -0.15) is 0 Å². The van der Waals surface area contributed by atoms with Crippen LogP contribution in [0.3, 0.4) is 0 Å². The number of benzene rings is 2. The van der Waals surface area contributed by atoms with Gasteiger partial charge in [0.15, 0.2) is 6.10 Å². The van der Waals surface area contributed by atoms with E-state index in [0.717, 1.165) is 12.0 Å². The maximum atomic E-state index is 13.3. The van der Waals surface area contributed by atoms with Crippen LogP contribution in [-0.2, 0) is 34.8 Å². The molecule has 2 aromatic rings. The average molecular weight is 590 g/mol. The molecule has 0 saturated carbocycles. The van der Waals surface area contributed by atoms with Crippen LogP contribution in [0.2, 0.25) is 0 Å². The number of carbonyl (C=O) groups excluding carboxylic acids is 4. The number of carbonyl (C=O) groups is 4. The summed E-state index contributed by atoms with van der Waals surface area (Å²) in [5, 5.41) is 8.04. The van der Waals surface area contributed by atoms with Crippen LogP contribution in [0, 0.1) is 0 Å². The Hall–Kier alpha value is -3.57. The van der Waals surface area contributed by atoms with Crippen LogP contribution in [0.4, 0.5) is 4.79 Å². The Morgan fingerprint density at radius 1 is 1.05 bits per heavy atom. The Balaban J connectivity index is 1.53. The molecule has 0 aromatic heterocycles. The first kappa shape index (κ1) is 32.0. The number of hydrogen-bond donors (Lipinski definition) is 4. The number of esters is 2. The van der Waals surface area contributed by atoms with Crippen molar-refractivity contribution in [3.63, 3.8) is 0 Å². The summed E-state index contributed by atoms with van der Waals surface area (Å²) in [7, 11) is -4.64. The first-order valence-corrected chi connectivity index (χ1v) is 15.1. The highest BCUT2D eigenvalue weighted by atomic mass is 31.2. The molecule has 13 heteroatoms. The van der Waals surface area contributed by atoms with Gasteiger partial charge in [-0.25, -0.2) is 14.4 Å². The highest BCUT2D eigenvalue weighted by Gasteiger charge is 2.38. The van der Waals surface area contributed by atoms with E-state index in [0.29, 0.717) is 25.8 Å². The standard InChI is InChI=1S/C28H36N3O9P/c1-20(26(33)39-27(34)23-15-10-18-29-23)40-41(36,37)24(31-25(32)22-13-6-3-7-14-22)16-8-9-17-30-28(35)38-19-21-11-4-2-5-12-21/h2-7,11-14,20,23-24,29H,8-10,15-19H2,1H3,(H,30,35)(H,31,32)(H,36,37)/t20?,23-,24?/m0/s1. The van der Waals surface area contributed by atoms with E-state index in [1.54, 1.807) is 30.3 Å². The molecule has 3 unspecified atom stereocenters. The molecule has 41 heavy (non-hydrogen) atoms. The van der Waals surface area contributed by atoms with Crippen LogP contribution in [0.5, 0.6) is 0 Å². The molecule has 1 aliphatic rings. The Bertz CT molecular complexity index is 1210. The summed E-state index contributed by atoms with van der Waals surface area (Å²) in [6.07, 6.45) is -0.149. The second-order valence-electron chi connectivity index (χ2n) is 9.54. The molecule has 0 aliphatic carbocycles. The SMILES string of the molecule is CC(OP(=O)(O)C(CCCCNC(=O)OCc1ccccc1)NC(=O)c1ccccc1)C(=O)OC(=O)[C@@H]1CCCN1. The largest absolute Gasteiger partial charge is 0.445 e. The predicted molar refractivity (Wildman–Crippen MR) is 149 cm³/mol. The number of amides is 2. The van der Waals surface area contributed by atoms with Gasteiger partial charge in [-0.05, 0) is 63.3 Å². The lowest BCUT2D eigenvalue weighted by atomic mass is 10.2. The molecule has 1 aliphatic heterocycles. The van der Waals surface area contributed by atoms with Crippen LogP contribution in [0.1, 0.15) is 54.9 Å². The fourth-order valence-corrected chi connectivity index (χ4v) is 5.53. The lowest BCUT2D eigenvalue weighted by Gasteiger charge is -2.26. The van der Waals surface area contributed by atoms with Crippen LogP contribution < -0.4 is 16.0 Å². The summed E-state index contributed by atoms with van der Waals surface area (Å²) in [5.74, 6) is -3.86. The van der Waals surface area contributed by atoms with E-state index >= 15 is 0 Å². The molecule has 1 saturated heterocycles. The van der Waals surface area contributed by atoms with Gasteiger partial charge in [0, 0.05) is 12.1 Å². The van der Waals surface area contributed by atoms with Gasteiger partial charge in [-0.3, -0.25) is 13.9 Å². The van der Waals surface area contributed by atoms with Crippen molar-refractivity contribution >= 4 is 31.5 Å². The molecular weight excluding hydrogens is 553 g/mol. The zero-order chi connectivity index (χ0) is 29.7. The van der Waals surface area contributed by atoms with Gasteiger partial charge >= 0.3 is 25.6 Å². The van der Waals surface area contributed by atoms with Crippen molar-refractivity contribution in [1.82, 2.24) is 16.0 Å². The third-order valence-electron chi connectivity index (χ3n) is 6.30. The number of rotatable bonds is 14. The molecule has 3 rings (SSSR count). The molecule has 0 radical (unpaired) electrons. The molecule has 0 spiro atoms. The second-order valence-corrected chi connectivity index (χ2v) is 11.5. The zero-order valence-corrected chi connectivity index (χ0v) is 23.7. The molecule has 1 heterocycles. The molecule has 2 amide bonds. The van der Waals surface area contributed by atoms with Crippen LogP contribution in [0.25, 0.3) is 0 Å². The minimum atomic E-state index is -4.64. The smallest absolute Gasteiger partial charge is 0.407 e. The number of unbranched alkanes of at least 4 members (excludes halogenated alkanes) is 1. The van der Waals surface area contributed by atoms with Gasteiger partial charge in [0.25, 0.3) is 5.91 Å². The Kier molecular flexibility index (Phi) is 12.5. The normalized spacial score (nSPS) is 17.5. The molecule has 222 valence electrons. The van der Waals surface area contributed by atoms with Gasteiger partial charge < -0.3 is 30.3 Å². The molecule has 2 aromatic carbocycles. The fourth-order valence-electron chi connectivity index (χ4n) is 4.05. The van der Waals surface area contributed by atoms with E-state index in [4.69, 9.17) is 14.0 Å². The maximum absolute atomic E-state index is 13.3. The minimum Gasteiger partial charge on any atom is -0.445 e. The van der Waals surface area contributed by atoms with E-state index in [1.807, 2.05) is 30.3 Å². The van der Waals surface area contributed by atoms with Crippen molar-refractivity contribution < 1.29 is 42.6 Å². The Morgan fingerprint density at radius 3 is 2.39 bits per heavy atom. The molecule has 12 nitrogen and oxygen atoms in total. The van der Waals surface area contributed by atoms with E-state index in [2.05, 4.69) is 16.0 Å². The van der Waals surface area contributed by atoms with E-state index in [1.165, 1.54) is 6.92 Å². The third kappa shape index (κ3) is 10.7. The highest BCUT2D eigenvalue weighted by Crippen LogP contribution is 2.49. The van der Waals surface area contributed by atoms with Crippen molar-refractivity contribution in [2.24, 2.45) is 0 Å². The lowest BCUT2D eigenvalue weighted by Crippen LogP contribution is -2.38. The van der Waals surface area contributed by atoms with Crippen molar-refractivity contribution in [1.29, 1.82) is 0 Å². The summed E-state index contributed by atoms with van der Waals surface area (Å²) >= 11 is 0. The third-order valence-corrected chi connectivity index (χ3v) is 8.09. The molecule has 4 atom stereocenters. The summed E-state index contributed by atoms with van der Waals surface area (Å²) in [6, 6.07) is 16.7.